The van der Waals surface area contributed by atoms with Crippen molar-refractivity contribution in [3.63, 3.8) is 0 Å². The number of thiazole rings is 1. The molecule has 3 fully saturated rings. The second-order valence-electron chi connectivity index (χ2n) is 16.3. The van der Waals surface area contributed by atoms with Crippen LogP contribution < -0.4 is 18.9 Å². The molecule has 0 unspecified atom stereocenters. The van der Waals surface area contributed by atoms with Crippen LogP contribution in [0.15, 0.2) is 66.7 Å². The predicted octanol–water partition coefficient (Wildman–Crippen LogP) is 7.04. The Hall–Kier alpha value is -4.53. The highest BCUT2D eigenvalue weighted by molar-refractivity contribution is 7.90. The van der Waals surface area contributed by atoms with Gasteiger partial charge in [-0.25, -0.2) is 18.4 Å². The summed E-state index contributed by atoms with van der Waals surface area (Å²) >= 11 is 7.86. The molecule has 1 N–H and O–H groups in total. The molecule has 1 saturated heterocycles. The number of nitrogens with zero attached hydrogens (tertiary/aromatic N) is 3. The maximum atomic E-state index is 15.0. The summed E-state index contributed by atoms with van der Waals surface area (Å²) in [4.78, 5) is 54.2. The Morgan fingerprint density at radius 3 is 2.56 bits per heavy atom. The van der Waals surface area contributed by atoms with Crippen molar-refractivity contribution in [2.45, 2.75) is 76.7 Å². The first-order chi connectivity index (χ1) is 27.1. The number of pyridine rings is 1. The van der Waals surface area contributed by atoms with Gasteiger partial charge in [0, 0.05) is 51.9 Å². The summed E-state index contributed by atoms with van der Waals surface area (Å²) in [6, 6.07) is 11.9. The van der Waals surface area contributed by atoms with Crippen LogP contribution in [0.3, 0.4) is 0 Å². The molecule has 2 aromatic heterocycles. The van der Waals surface area contributed by atoms with Crippen LogP contribution in [0, 0.1) is 22.7 Å². The van der Waals surface area contributed by atoms with Crippen LogP contribution in [0.1, 0.15) is 57.9 Å². The SMILES string of the molecule is C=C[C@@H]1C[C@]1(CC(=O)[C@@H]1C[C@@H](Oc2ncc(OC)c3ccc(Cl)cc23)CN1C(=O)[C@@H](Cc1nc(-c2cccc(OC)c2)cs1)C(C)(C)C)C(=O)NS(=O)(=O)C1CC1. The van der Waals surface area contributed by atoms with E-state index in [-0.39, 0.29) is 49.3 Å². The molecule has 302 valence electrons. The molecule has 0 spiro atoms. The van der Waals surface area contributed by atoms with Crippen molar-refractivity contribution in [1.29, 1.82) is 0 Å². The highest BCUT2D eigenvalue weighted by atomic mass is 35.5. The zero-order chi connectivity index (χ0) is 40.9. The van der Waals surface area contributed by atoms with Crippen molar-refractivity contribution in [2.24, 2.45) is 22.7 Å². The minimum atomic E-state index is -3.85. The van der Waals surface area contributed by atoms with E-state index in [9.17, 15) is 22.8 Å². The summed E-state index contributed by atoms with van der Waals surface area (Å²) in [5, 5.41) is 3.92. The first-order valence-electron chi connectivity index (χ1n) is 19.0. The zero-order valence-electron chi connectivity index (χ0n) is 32.6. The van der Waals surface area contributed by atoms with Gasteiger partial charge >= 0.3 is 0 Å². The molecule has 3 aliphatic rings. The first-order valence-corrected chi connectivity index (χ1v) is 21.8. The predicted molar refractivity (Wildman–Crippen MR) is 219 cm³/mol. The molecule has 4 aromatic rings. The summed E-state index contributed by atoms with van der Waals surface area (Å²) in [5.41, 5.74) is -0.162. The molecular weight excluding hydrogens is 788 g/mol. The van der Waals surface area contributed by atoms with E-state index in [0.717, 1.165) is 21.7 Å². The van der Waals surface area contributed by atoms with Gasteiger partial charge in [0.15, 0.2) is 5.78 Å². The van der Waals surface area contributed by atoms with E-state index in [4.69, 9.17) is 30.8 Å². The van der Waals surface area contributed by atoms with Crippen LogP contribution in [0.25, 0.3) is 22.0 Å². The minimum Gasteiger partial charge on any atom is -0.497 e. The number of aromatic nitrogens is 2. The highest BCUT2D eigenvalue weighted by Gasteiger charge is 2.61. The fourth-order valence-electron chi connectivity index (χ4n) is 7.78. The Kier molecular flexibility index (Phi) is 11.2. The molecule has 1 aliphatic heterocycles. The normalized spacial score (nSPS) is 22.5. The van der Waals surface area contributed by atoms with Crippen LogP contribution in [-0.4, -0.2) is 79.0 Å². The number of ether oxygens (including phenoxy) is 3. The summed E-state index contributed by atoms with van der Waals surface area (Å²) in [6.45, 7) is 9.89. The number of carbonyl (C=O) groups is 3. The molecule has 0 radical (unpaired) electrons. The van der Waals surface area contributed by atoms with Crippen molar-refractivity contribution in [3.8, 4) is 28.6 Å². The quantitative estimate of drug-likeness (QED) is 0.123. The number of benzene rings is 2. The second-order valence-corrected chi connectivity index (χ2v) is 19.6. The average Bonchev–Trinajstić information content (AvgIpc) is 4.07. The van der Waals surface area contributed by atoms with Gasteiger partial charge in [-0.15, -0.1) is 17.9 Å². The molecule has 3 heterocycles. The van der Waals surface area contributed by atoms with Gasteiger partial charge in [-0.1, -0.05) is 50.6 Å². The summed E-state index contributed by atoms with van der Waals surface area (Å²) in [6.07, 6.45) is 3.95. The number of halogens is 1. The monoisotopic (exact) mass is 834 g/mol. The molecule has 2 aliphatic carbocycles. The van der Waals surface area contributed by atoms with E-state index in [0.29, 0.717) is 41.2 Å². The topological polar surface area (TPSA) is 154 Å². The lowest BCUT2D eigenvalue weighted by atomic mass is 9.77. The van der Waals surface area contributed by atoms with E-state index in [1.54, 1.807) is 43.5 Å². The minimum absolute atomic E-state index is 0.0741. The highest BCUT2D eigenvalue weighted by Crippen LogP contribution is 2.57. The number of amides is 2. The van der Waals surface area contributed by atoms with Crippen LogP contribution >= 0.6 is 22.9 Å². The largest absolute Gasteiger partial charge is 0.497 e. The molecule has 57 heavy (non-hydrogen) atoms. The number of methoxy groups -OCH3 is 2. The summed E-state index contributed by atoms with van der Waals surface area (Å²) in [7, 11) is -0.697. The van der Waals surface area contributed by atoms with Gasteiger partial charge in [0.05, 0.1) is 54.4 Å². The van der Waals surface area contributed by atoms with E-state index < -0.39 is 50.1 Å². The number of allylic oxidation sites excluding steroid dienone is 1. The lowest BCUT2D eigenvalue weighted by Gasteiger charge is -2.35. The standard InChI is InChI=1S/C42H47ClN4O8S2/c1-7-25-19-42(25,40(50)46-57(51,52)29-12-13-29)20-35(48)34-17-28(55-38-31-16-26(43)11-14-30(31)36(54-6)21-44-38)22-47(34)39(49)32(41(2,3)4)18-37-45-33(23-56-37)24-9-8-10-27(15-24)53-5/h7-11,14-16,21,23,25,28-29,32,34H,1,12-13,17-20,22H2,2-6H3,(H,46,50)/t25-,28-,32-,34+,42-/m1/s1. The Balaban J connectivity index is 1.19. The molecule has 15 heteroatoms. The van der Waals surface area contributed by atoms with Gasteiger partial charge in [0.2, 0.25) is 27.7 Å². The Morgan fingerprint density at radius 1 is 1.12 bits per heavy atom. The number of Topliss-reactive ketones (excluding diaryl/α,β-unsaturated/α-hetero) is 1. The van der Waals surface area contributed by atoms with Crippen LogP contribution in [0.4, 0.5) is 0 Å². The van der Waals surface area contributed by atoms with Crippen molar-refractivity contribution < 1.29 is 37.0 Å². The third kappa shape index (κ3) is 8.40. The van der Waals surface area contributed by atoms with Gasteiger partial charge in [0.25, 0.3) is 0 Å². The number of sulfonamides is 1. The van der Waals surface area contributed by atoms with Crippen molar-refractivity contribution >= 4 is 61.3 Å². The Labute approximate surface area is 342 Å². The van der Waals surface area contributed by atoms with Gasteiger partial charge in [0.1, 0.15) is 17.6 Å². The van der Waals surface area contributed by atoms with Gasteiger partial charge in [-0.05, 0) is 60.9 Å². The molecule has 2 amide bonds. The smallest absolute Gasteiger partial charge is 0.240 e. The van der Waals surface area contributed by atoms with Gasteiger partial charge in [-0.2, -0.15) is 0 Å². The third-order valence-electron chi connectivity index (χ3n) is 11.4. The van der Waals surface area contributed by atoms with Crippen molar-refractivity contribution in [2.75, 3.05) is 20.8 Å². The number of ketones is 1. The molecule has 0 bridgehead atoms. The van der Waals surface area contributed by atoms with Crippen molar-refractivity contribution in [3.05, 3.63) is 76.7 Å². The third-order valence-corrected chi connectivity index (χ3v) is 14.3. The summed E-state index contributed by atoms with van der Waals surface area (Å²) < 4.78 is 45.3. The number of rotatable bonds is 15. The number of carbonyl (C=O) groups excluding carboxylic acids is 3. The molecule has 2 aromatic carbocycles. The number of likely N-dealkylation sites (tertiary alicyclic amines) is 1. The first kappa shape index (κ1) is 40.7. The lowest BCUT2D eigenvalue weighted by Crippen LogP contribution is -2.48. The maximum absolute atomic E-state index is 15.0. The van der Waals surface area contributed by atoms with Crippen molar-refractivity contribution in [1.82, 2.24) is 19.6 Å². The lowest BCUT2D eigenvalue weighted by molar-refractivity contribution is -0.144. The Bertz CT molecular complexity index is 2340. The van der Waals surface area contributed by atoms with E-state index in [1.807, 2.05) is 56.5 Å². The van der Waals surface area contributed by atoms with Crippen LogP contribution in [0.5, 0.6) is 17.4 Å². The average molecular weight is 835 g/mol. The molecule has 7 rings (SSSR count). The van der Waals surface area contributed by atoms with Gasteiger partial charge < -0.3 is 19.1 Å². The van der Waals surface area contributed by atoms with E-state index >= 15 is 0 Å². The number of nitrogens with one attached hydrogen (secondary N) is 1. The number of hydrogen-bond acceptors (Lipinski definition) is 11. The molecule has 12 nitrogen and oxygen atoms in total. The molecular formula is C42H47ClN4O8S2. The fourth-order valence-corrected chi connectivity index (χ4v) is 10.2. The fraction of sp³-hybridized carbons (Fsp3) is 0.452. The maximum Gasteiger partial charge on any atom is 0.240 e. The van der Waals surface area contributed by atoms with E-state index in [1.165, 1.54) is 11.3 Å². The Morgan fingerprint density at radius 2 is 1.89 bits per heavy atom. The van der Waals surface area contributed by atoms with Crippen LogP contribution in [0.2, 0.25) is 5.02 Å². The molecule has 2 saturated carbocycles. The summed E-state index contributed by atoms with van der Waals surface area (Å²) in [5.74, 6) is -0.761. The number of hydrogen-bond donors (Lipinski definition) is 1. The van der Waals surface area contributed by atoms with E-state index in [2.05, 4.69) is 16.3 Å². The second kappa shape index (κ2) is 15.7. The van der Waals surface area contributed by atoms with Crippen LogP contribution in [-0.2, 0) is 30.8 Å². The number of fused-ring (bicyclic) bond motifs is 1. The molecule has 5 atom stereocenters. The van der Waals surface area contributed by atoms with Gasteiger partial charge in [-0.3, -0.25) is 19.1 Å². The zero-order valence-corrected chi connectivity index (χ0v) is 35.0.